The first-order valence-electron chi connectivity index (χ1n) is 9.28. The molecule has 2 heterocycles. The molecular formula is C17H30N4O3S. The molecule has 3 fully saturated rings. The number of amides is 1. The maximum Gasteiger partial charge on any atom is 0.243 e. The summed E-state index contributed by atoms with van der Waals surface area (Å²) < 4.78 is 23.3. The minimum Gasteiger partial charge on any atom is -0.356 e. The van der Waals surface area contributed by atoms with E-state index in [-0.39, 0.29) is 24.1 Å². The van der Waals surface area contributed by atoms with E-state index in [1.807, 2.05) is 0 Å². The van der Waals surface area contributed by atoms with Gasteiger partial charge in [-0.1, -0.05) is 0 Å². The van der Waals surface area contributed by atoms with Crippen molar-refractivity contribution in [1.29, 1.82) is 0 Å². The SMILES string of the molecule is CN(C)C(=O)CN=C(NCC1CCS(=O)(=O)C1)N1CCC(C2CC2)C1. The summed E-state index contributed by atoms with van der Waals surface area (Å²) in [6.07, 6.45) is 4.59. The fraction of sp³-hybridized carbons (Fsp3) is 0.882. The van der Waals surface area contributed by atoms with E-state index in [2.05, 4.69) is 15.2 Å². The third kappa shape index (κ3) is 5.09. The van der Waals surface area contributed by atoms with Crippen molar-refractivity contribution in [3.63, 3.8) is 0 Å². The lowest BCUT2D eigenvalue weighted by Gasteiger charge is -2.23. The van der Waals surface area contributed by atoms with Crippen molar-refractivity contribution in [3.8, 4) is 0 Å². The normalized spacial score (nSPS) is 29.0. The van der Waals surface area contributed by atoms with Crippen molar-refractivity contribution < 1.29 is 13.2 Å². The van der Waals surface area contributed by atoms with Crippen LogP contribution >= 0.6 is 0 Å². The van der Waals surface area contributed by atoms with Gasteiger partial charge in [0.2, 0.25) is 5.91 Å². The molecule has 7 nitrogen and oxygen atoms in total. The molecule has 25 heavy (non-hydrogen) atoms. The average Bonchev–Trinajstić information content (AvgIpc) is 3.18. The van der Waals surface area contributed by atoms with Crippen LogP contribution in [0.3, 0.4) is 0 Å². The molecule has 2 unspecified atom stereocenters. The Morgan fingerprint density at radius 2 is 1.96 bits per heavy atom. The summed E-state index contributed by atoms with van der Waals surface area (Å²) in [4.78, 5) is 20.2. The average molecular weight is 371 g/mol. The Labute approximate surface area is 150 Å². The van der Waals surface area contributed by atoms with E-state index in [0.717, 1.165) is 30.9 Å². The van der Waals surface area contributed by atoms with Crippen molar-refractivity contribution in [3.05, 3.63) is 0 Å². The third-order valence-corrected chi connectivity index (χ3v) is 7.39. The molecule has 8 heteroatoms. The number of rotatable bonds is 5. The van der Waals surface area contributed by atoms with E-state index >= 15 is 0 Å². The predicted octanol–water partition coefficient (Wildman–Crippen LogP) is 0.187. The van der Waals surface area contributed by atoms with Gasteiger partial charge in [0.1, 0.15) is 6.54 Å². The largest absolute Gasteiger partial charge is 0.356 e. The van der Waals surface area contributed by atoms with E-state index in [1.165, 1.54) is 19.3 Å². The number of aliphatic imine (C=N–C) groups is 1. The lowest BCUT2D eigenvalue weighted by molar-refractivity contribution is -0.127. The topological polar surface area (TPSA) is 82.1 Å². The lowest BCUT2D eigenvalue weighted by Crippen LogP contribution is -2.43. The highest BCUT2D eigenvalue weighted by Gasteiger charge is 2.37. The van der Waals surface area contributed by atoms with Crippen molar-refractivity contribution in [2.45, 2.75) is 25.7 Å². The van der Waals surface area contributed by atoms with Gasteiger partial charge in [-0.2, -0.15) is 0 Å². The van der Waals surface area contributed by atoms with Gasteiger partial charge in [-0.05, 0) is 43.4 Å². The van der Waals surface area contributed by atoms with Gasteiger partial charge in [-0.3, -0.25) is 4.79 Å². The number of guanidine groups is 1. The van der Waals surface area contributed by atoms with E-state index in [0.29, 0.717) is 18.7 Å². The van der Waals surface area contributed by atoms with Crippen LogP contribution in [0.4, 0.5) is 0 Å². The fourth-order valence-corrected chi connectivity index (χ4v) is 5.61. The number of nitrogens with zero attached hydrogens (tertiary/aromatic N) is 3. The molecule has 2 atom stereocenters. The number of nitrogens with one attached hydrogen (secondary N) is 1. The number of sulfone groups is 1. The maximum atomic E-state index is 11.9. The first-order chi connectivity index (χ1) is 11.8. The molecule has 142 valence electrons. The number of carbonyl (C=O) groups is 1. The van der Waals surface area contributed by atoms with Gasteiger partial charge in [0.05, 0.1) is 11.5 Å². The molecule has 1 aliphatic carbocycles. The molecule has 0 aromatic heterocycles. The lowest BCUT2D eigenvalue weighted by atomic mass is 10.0. The highest BCUT2D eigenvalue weighted by Crippen LogP contribution is 2.41. The van der Waals surface area contributed by atoms with Gasteiger partial charge in [0, 0.05) is 33.7 Å². The van der Waals surface area contributed by atoms with Crippen LogP contribution in [0.15, 0.2) is 4.99 Å². The summed E-state index contributed by atoms with van der Waals surface area (Å²) in [5, 5.41) is 3.36. The minimum atomic E-state index is -2.87. The molecule has 3 rings (SSSR count). The highest BCUT2D eigenvalue weighted by atomic mass is 32.2. The third-order valence-electron chi connectivity index (χ3n) is 5.55. The van der Waals surface area contributed by atoms with Gasteiger partial charge < -0.3 is 15.1 Å². The fourth-order valence-electron chi connectivity index (χ4n) is 3.75. The number of likely N-dealkylation sites (tertiary alicyclic amines) is 1. The molecule has 1 N–H and O–H groups in total. The molecule has 1 saturated carbocycles. The maximum absolute atomic E-state index is 11.9. The number of likely N-dealkylation sites (N-methyl/N-ethyl adjacent to an activating group) is 1. The van der Waals surface area contributed by atoms with Crippen LogP contribution in [0.1, 0.15) is 25.7 Å². The molecule has 0 aromatic carbocycles. The molecule has 2 aliphatic heterocycles. The Kier molecular flexibility index (Phi) is 5.55. The highest BCUT2D eigenvalue weighted by molar-refractivity contribution is 7.91. The standard InChI is InChI=1S/C17H30N4O3S/c1-20(2)16(22)10-19-17(18-9-13-6-8-25(23,24)12-13)21-7-5-15(11-21)14-3-4-14/h13-15H,3-12H2,1-2H3,(H,18,19). The molecule has 0 spiro atoms. The molecule has 2 saturated heterocycles. The van der Waals surface area contributed by atoms with Crippen LogP contribution < -0.4 is 5.32 Å². The van der Waals surface area contributed by atoms with E-state index in [1.54, 1.807) is 19.0 Å². The molecule has 0 radical (unpaired) electrons. The molecule has 1 amide bonds. The van der Waals surface area contributed by atoms with Gasteiger partial charge in [-0.25, -0.2) is 13.4 Å². The summed E-state index contributed by atoms with van der Waals surface area (Å²) in [7, 11) is 0.594. The number of carbonyl (C=O) groups excluding carboxylic acids is 1. The summed E-state index contributed by atoms with van der Waals surface area (Å²) in [5.74, 6) is 3.04. The second-order valence-electron chi connectivity index (χ2n) is 7.91. The minimum absolute atomic E-state index is 0.0271. The van der Waals surface area contributed by atoms with Crippen LogP contribution in [0.2, 0.25) is 0 Å². The predicted molar refractivity (Wildman–Crippen MR) is 98.2 cm³/mol. The number of hydrogen-bond acceptors (Lipinski definition) is 4. The summed E-state index contributed by atoms with van der Waals surface area (Å²) in [6.45, 7) is 2.70. The Morgan fingerprint density at radius 1 is 1.20 bits per heavy atom. The van der Waals surface area contributed by atoms with Crippen molar-refractivity contribution in [2.75, 3.05) is 51.8 Å². The second-order valence-corrected chi connectivity index (χ2v) is 10.1. The summed E-state index contributed by atoms with van der Waals surface area (Å²) in [6, 6.07) is 0. The van der Waals surface area contributed by atoms with Crippen molar-refractivity contribution in [1.82, 2.24) is 15.1 Å². The molecule has 0 bridgehead atoms. The van der Waals surface area contributed by atoms with Gasteiger partial charge in [0.15, 0.2) is 15.8 Å². The summed E-state index contributed by atoms with van der Waals surface area (Å²) >= 11 is 0. The van der Waals surface area contributed by atoms with Gasteiger partial charge in [-0.15, -0.1) is 0 Å². The zero-order chi connectivity index (χ0) is 18.0. The molecule has 0 aromatic rings. The zero-order valence-electron chi connectivity index (χ0n) is 15.3. The summed E-state index contributed by atoms with van der Waals surface area (Å²) in [5.41, 5.74) is 0. The molecule has 3 aliphatic rings. The Bertz CT molecular complexity index is 628. The smallest absolute Gasteiger partial charge is 0.243 e. The Balaban J connectivity index is 1.59. The first-order valence-corrected chi connectivity index (χ1v) is 11.1. The van der Waals surface area contributed by atoms with Crippen LogP contribution in [0, 0.1) is 17.8 Å². The van der Waals surface area contributed by atoms with Crippen LogP contribution in [0.5, 0.6) is 0 Å². The van der Waals surface area contributed by atoms with Crippen molar-refractivity contribution >= 4 is 21.7 Å². The van der Waals surface area contributed by atoms with Gasteiger partial charge in [0.25, 0.3) is 0 Å². The monoisotopic (exact) mass is 370 g/mol. The van der Waals surface area contributed by atoms with E-state index in [4.69, 9.17) is 0 Å². The Hall–Kier alpha value is -1.31. The number of hydrogen-bond donors (Lipinski definition) is 1. The molecular weight excluding hydrogens is 340 g/mol. The quantitative estimate of drug-likeness (QED) is 0.552. The van der Waals surface area contributed by atoms with Crippen LogP contribution in [-0.2, 0) is 14.6 Å². The van der Waals surface area contributed by atoms with Crippen LogP contribution in [-0.4, -0.2) is 81.9 Å². The Morgan fingerprint density at radius 3 is 2.56 bits per heavy atom. The van der Waals surface area contributed by atoms with E-state index < -0.39 is 9.84 Å². The second kappa shape index (κ2) is 7.51. The first kappa shape index (κ1) is 18.5. The van der Waals surface area contributed by atoms with Crippen molar-refractivity contribution in [2.24, 2.45) is 22.7 Å². The van der Waals surface area contributed by atoms with Gasteiger partial charge >= 0.3 is 0 Å². The van der Waals surface area contributed by atoms with Crippen LogP contribution in [0.25, 0.3) is 0 Å². The zero-order valence-corrected chi connectivity index (χ0v) is 16.1. The van der Waals surface area contributed by atoms with E-state index in [9.17, 15) is 13.2 Å².